The maximum absolute atomic E-state index is 12.5. The van der Waals surface area contributed by atoms with Crippen molar-refractivity contribution in [2.75, 3.05) is 6.61 Å². The van der Waals surface area contributed by atoms with Gasteiger partial charge in [-0.2, -0.15) is 0 Å². The smallest absolute Gasteiger partial charge is 0.333 e. The summed E-state index contributed by atoms with van der Waals surface area (Å²) in [6.45, 7) is 3.83. The zero-order chi connectivity index (χ0) is 17.2. The van der Waals surface area contributed by atoms with Crippen LogP contribution in [0.2, 0.25) is 10.0 Å². The van der Waals surface area contributed by atoms with Crippen molar-refractivity contribution in [3.63, 3.8) is 0 Å². The maximum Gasteiger partial charge on any atom is 0.333 e. The van der Waals surface area contributed by atoms with E-state index in [-0.39, 0.29) is 23.0 Å². The zero-order valence-electron chi connectivity index (χ0n) is 12.9. The number of carbonyl (C=O) groups excluding carboxylic acids is 1. The number of hydrogen-bond acceptors (Lipinski definition) is 3. The maximum atomic E-state index is 12.5. The monoisotopic (exact) mass is 359 g/mol. The molecular formula is C16H19Cl2NO4. The van der Waals surface area contributed by atoms with Gasteiger partial charge in [0.1, 0.15) is 0 Å². The Morgan fingerprint density at radius 3 is 2.61 bits per heavy atom. The molecule has 3 atom stereocenters. The van der Waals surface area contributed by atoms with Crippen LogP contribution in [0.4, 0.5) is 0 Å². The van der Waals surface area contributed by atoms with Gasteiger partial charge in [-0.05, 0) is 44.4 Å². The van der Waals surface area contributed by atoms with Crippen molar-refractivity contribution < 1.29 is 19.4 Å². The normalized spacial score (nSPS) is 23.8. The average Bonchev–Trinajstić information content (AvgIpc) is 2.49. The Morgan fingerprint density at radius 1 is 1.35 bits per heavy atom. The molecule has 1 heterocycles. The molecule has 1 fully saturated rings. The van der Waals surface area contributed by atoms with Gasteiger partial charge in [0, 0.05) is 12.5 Å². The summed E-state index contributed by atoms with van der Waals surface area (Å²) >= 11 is 11.8. The van der Waals surface area contributed by atoms with E-state index in [4.69, 9.17) is 27.9 Å². The van der Waals surface area contributed by atoms with E-state index in [0.717, 1.165) is 0 Å². The third-order valence-electron chi connectivity index (χ3n) is 4.15. The predicted molar refractivity (Wildman–Crippen MR) is 87.7 cm³/mol. The van der Waals surface area contributed by atoms with E-state index < -0.39 is 11.5 Å². The molecule has 1 saturated heterocycles. The zero-order valence-corrected chi connectivity index (χ0v) is 14.4. The number of benzene rings is 1. The summed E-state index contributed by atoms with van der Waals surface area (Å²) in [7, 11) is 0. The molecule has 0 bridgehead atoms. The van der Waals surface area contributed by atoms with Crippen LogP contribution in [0.25, 0.3) is 0 Å². The lowest BCUT2D eigenvalue weighted by Gasteiger charge is -2.32. The van der Waals surface area contributed by atoms with Crippen LogP contribution in [0, 0.1) is 5.92 Å². The number of nitrogens with one attached hydrogen (secondary N) is 1. The van der Waals surface area contributed by atoms with Crippen molar-refractivity contribution in [1.29, 1.82) is 0 Å². The molecule has 1 aromatic rings. The Hall–Kier alpha value is -1.30. The Morgan fingerprint density at radius 2 is 2.04 bits per heavy atom. The number of aliphatic carboxylic acids is 1. The van der Waals surface area contributed by atoms with Gasteiger partial charge < -0.3 is 15.2 Å². The second-order valence-electron chi connectivity index (χ2n) is 5.95. The topological polar surface area (TPSA) is 75.6 Å². The molecule has 1 aliphatic rings. The molecule has 0 aromatic heterocycles. The quantitative estimate of drug-likeness (QED) is 0.865. The number of halogens is 2. The van der Waals surface area contributed by atoms with Crippen LogP contribution in [0.5, 0.6) is 0 Å². The molecule has 0 radical (unpaired) electrons. The number of carboxylic acids is 1. The highest BCUT2D eigenvalue weighted by Gasteiger charge is 2.39. The summed E-state index contributed by atoms with van der Waals surface area (Å²) < 4.78 is 5.42. The van der Waals surface area contributed by atoms with Gasteiger partial charge >= 0.3 is 5.97 Å². The minimum absolute atomic E-state index is 0.0134. The Kier molecular flexibility index (Phi) is 5.55. The van der Waals surface area contributed by atoms with E-state index in [1.54, 1.807) is 6.07 Å². The molecule has 126 valence electrons. The predicted octanol–water partition coefficient (Wildman–Crippen LogP) is 3.22. The first-order valence-electron chi connectivity index (χ1n) is 7.36. The second kappa shape index (κ2) is 7.07. The first kappa shape index (κ1) is 18.0. The van der Waals surface area contributed by atoms with Gasteiger partial charge in [0.05, 0.1) is 16.1 Å². The standard InChI is InChI=1S/C16H19Cl2NO4/c1-9-7-10(5-6-23-9)14(20)19-16(2,15(21)22)11-3-4-12(17)13(18)8-11/h3-4,8-10H,5-7H2,1-2H3,(H,19,20)(H,21,22). The molecule has 5 nitrogen and oxygen atoms in total. The van der Waals surface area contributed by atoms with Crippen molar-refractivity contribution in [3.8, 4) is 0 Å². The van der Waals surface area contributed by atoms with Crippen molar-refractivity contribution in [2.24, 2.45) is 5.92 Å². The summed E-state index contributed by atoms with van der Waals surface area (Å²) in [5, 5.41) is 12.8. The van der Waals surface area contributed by atoms with Crippen molar-refractivity contribution in [2.45, 2.75) is 38.3 Å². The number of ether oxygens (including phenoxy) is 1. The number of rotatable bonds is 4. The number of carboxylic acid groups (broad SMARTS) is 1. The van der Waals surface area contributed by atoms with Crippen LogP contribution in [0.15, 0.2) is 18.2 Å². The fraction of sp³-hybridized carbons (Fsp3) is 0.500. The Labute approximate surface area is 144 Å². The van der Waals surface area contributed by atoms with E-state index in [1.807, 2.05) is 6.92 Å². The van der Waals surface area contributed by atoms with Gasteiger partial charge in [-0.3, -0.25) is 4.79 Å². The minimum atomic E-state index is -1.58. The van der Waals surface area contributed by atoms with Gasteiger partial charge in [0.15, 0.2) is 5.54 Å². The first-order chi connectivity index (χ1) is 10.7. The van der Waals surface area contributed by atoms with Crippen LogP contribution in [0.3, 0.4) is 0 Å². The molecule has 1 aromatic carbocycles. The van der Waals surface area contributed by atoms with Gasteiger partial charge in [0.25, 0.3) is 0 Å². The minimum Gasteiger partial charge on any atom is -0.479 e. The second-order valence-corrected chi connectivity index (χ2v) is 6.77. The molecule has 7 heteroatoms. The summed E-state index contributed by atoms with van der Waals surface area (Å²) in [6.07, 6.45) is 1.14. The number of hydrogen-bond donors (Lipinski definition) is 2. The van der Waals surface area contributed by atoms with E-state index in [2.05, 4.69) is 5.32 Å². The Bertz CT molecular complexity index is 622. The fourth-order valence-corrected chi connectivity index (χ4v) is 2.94. The third kappa shape index (κ3) is 3.97. The van der Waals surface area contributed by atoms with E-state index in [1.165, 1.54) is 19.1 Å². The third-order valence-corrected chi connectivity index (χ3v) is 4.89. The SMILES string of the molecule is CC1CC(C(=O)NC(C)(C(=O)O)c2ccc(Cl)c(Cl)c2)CCO1. The summed E-state index contributed by atoms with van der Waals surface area (Å²) in [5.41, 5.74) is -1.21. The lowest BCUT2D eigenvalue weighted by atomic mass is 9.89. The number of carbonyl (C=O) groups is 2. The number of amides is 1. The van der Waals surface area contributed by atoms with Crippen molar-refractivity contribution >= 4 is 35.1 Å². The largest absolute Gasteiger partial charge is 0.479 e. The fourth-order valence-electron chi connectivity index (χ4n) is 2.64. The highest BCUT2D eigenvalue weighted by molar-refractivity contribution is 6.42. The highest BCUT2D eigenvalue weighted by Crippen LogP contribution is 2.30. The molecule has 23 heavy (non-hydrogen) atoms. The molecule has 3 unspecified atom stereocenters. The van der Waals surface area contributed by atoms with Crippen molar-refractivity contribution in [3.05, 3.63) is 33.8 Å². The molecule has 1 aliphatic heterocycles. The van der Waals surface area contributed by atoms with Gasteiger partial charge in [0.2, 0.25) is 5.91 Å². The Balaban J connectivity index is 2.24. The summed E-state index contributed by atoms with van der Waals surface area (Å²) in [4.78, 5) is 24.3. The van der Waals surface area contributed by atoms with E-state index >= 15 is 0 Å². The lowest BCUT2D eigenvalue weighted by Crippen LogP contribution is -2.52. The summed E-state index contributed by atoms with van der Waals surface area (Å²) in [5.74, 6) is -1.72. The van der Waals surface area contributed by atoms with Gasteiger partial charge in [-0.25, -0.2) is 4.79 Å². The van der Waals surface area contributed by atoms with Crippen LogP contribution < -0.4 is 5.32 Å². The molecule has 0 spiro atoms. The molecule has 0 saturated carbocycles. The lowest BCUT2D eigenvalue weighted by molar-refractivity contribution is -0.149. The van der Waals surface area contributed by atoms with E-state index in [0.29, 0.717) is 30.0 Å². The van der Waals surface area contributed by atoms with Crippen molar-refractivity contribution in [1.82, 2.24) is 5.32 Å². The van der Waals surface area contributed by atoms with Crippen LogP contribution in [-0.4, -0.2) is 29.7 Å². The average molecular weight is 360 g/mol. The first-order valence-corrected chi connectivity index (χ1v) is 8.12. The van der Waals surface area contributed by atoms with Crippen LogP contribution >= 0.6 is 23.2 Å². The molecule has 0 aliphatic carbocycles. The summed E-state index contributed by atoms with van der Waals surface area (Å²) in [6, 6.07) is 4.53. The van der Waals surface area contributed by atoms with Crippen LogP contribution in [-0.2, 0) is 19.9 Å². The molecule has 2 rings (SSSR count). The van der Waals surface area contributed by atoms with Gasteiger partial charge in [-0.1, -0.05) is 29.3 Å². The van der Waals surface area contributed by atoms with E-state index in [9.17, 15) is 14.7 Å². The molecule has 2 N–H and O–H groups in total. The molecule has 1 amide bonds. The van der Waals surface area contributed by atoms with Gasteiger partial charge in [-0.15, -0.1) is 0 Å². The molecular weight excluding hydrogens is 341 g/mol. The highest BCUT2D eigenvalue weighted by atomic mass is 35.5. The van der Waals surface area contributed by atoms with Crippen LogP contribution in [0.1, 0.15) is 32.3 Å².